The van der Waals surface area contributed by atoms with Gasteiger partial charge in [-0.2, -0.15) is 0 Å². The second kappa shape index (κ2) is 14.7. The van der Waals surface area contributed by atoms with Gasteiger partial charge < -0.3 is 4.74 Å². The Hall–Kier alpha value is -1.42. The maximum Gasteiger partial charge on any atom is 0.119 e. The molecule has 3 rings (SSSR count). The highest BCUT2D eigenvalue weighted by Gasteiger charge is 2.30. The van der Waals surface area contributed by atoms with E-state index in [0.29, 0.717) is 5.92 Å². The van der Waals surface area contributed by atoms with E-state index in [0.717, 1.165) is 42.1 Å². The van der Waals surface area contributed by atoms with E-state index in [2.05, 4.69) is 50.0 Å². The first-order valence-electron chi connectivity index (χ1n) is 14.0. The molecule has 0 N–H and O–H groups in total. The molecule has 2 fully saturated rings. The van der Waals surface area contributed by atoms with E-state index >= 15 is 0 Å². The second-order valence-corrected chi connectivity index (χ2v) is 10.6. The van der Waals surface area contributed by atoms with E-state index < -0.39 is 0 Å². The molecule has 0 unspecified atom stereocenters. The van der Waals surface area contributed by atoms with E-state index in [1.165, 1.54) is 96.3 Å². The Bertz CT molecular complexity index is 663. The van der Waals surface area contributed by atoms with Gasteiger partial charge in [-0.3, -0.25) is 0 Å². The van der Waals surface area contributed by atoms with Gasteiger partial charge in [-0.25, -0.2) is 0 Å². The molecule has 2 aliphatic rings. The summed E-state index contributed by atoms with van der Waals surface area (Å²) in [6.07, 6.45) is 22.3. The first-order valence-corrected chi connectivity index (χ1v) is 14.0. The third-order valence-corrected chi connectivity index (χ3v) is 8.09. The quantitative estimate of drug-likeness (QED) is 0.248. The van der Waals surface area contributed by atoms with Crippen molar-refractivity contribution >= 4 is 0 Å². The van der Waals surface area contributed by atoms with Gasteiger partial charge in [-0.05, 0) is 87.0 Å². The molecule has 178 valence electrons. The van der Waals surface area contributed by atoms with Crippen LogP contribution in [-0.2, 0) is 0 Å². The van der Waals surface area contributed by atoms with E-state index in [9.17, 15) is 0 Å². The fourth-order valence-corrected chi connectivity index (χ4v) is 5.91. The number of ether oxygens (including phenoxy) is 1. The molecule has 0 saturated heterocycles. The molecule has 0 spiro atoms. The van der Waals surface area contributed by atoms with Gasteiger partial charge in [0.15, 0.2) is 0 Å². The lowest BCUT2D eigenvalue weighted by molar-refractivity contribution is 0.153. The van der Waals surface area contributed by atoms with Crippen molar-refractivity contribution in [3.05, 3.63) is 29.8 Å². The van der Waals surface area contributed by atoms with Gasteiger partial charge in [0.2, 0.25) is 0 Å². The highest BCUT2D eigenvalue weighted by molar-refractivity contribution is 5.38. The van der Waals surface area contributed by atoms with Gasteiger partial charge in [-0.1, -0.05) is 83.5 Å². The third-order valence-electron chi connectivity index (χ3n) is 8.09. The molecule has 2 saturated carbocycles. The van der Waals surface area contributed by atoms with Crippen molar-refractivity contribution in [3.8, 4) is 17.6 Å². The van der Waals surface area contributed by atoms with Gasteiger partial charge in [-0.15, -0.1) is 0 Å². The summed E-state index contributed by atoms with van der Waals surface area (Å²) in [4.78, 5) is 0. The number of benzene rings is 1. The molecule has 0 heterocycles. The van der Waals surface area contributed by atoms with Crippen LogP contribution in [0, 0.1) is 35.5 Å². The zero-order valence-electron chi connectivity index (χ0n) is 21.0. The highest BCUT2D eigenvalue weighted by atomic mass is 16.5. The van der Waals surface area contributed by atoms with Crippen molar-refractivity contribution in [2.45, 2.75) is 117 Å². The SMILES string of the molecule is CCCCCC[C@H]1CC[C@H](C2CCC(C#Cc3ccc(OCCCCC)cc3)CC2)CC1. The lowest BCUT2D eigenvalue weighted by atomic mass is 9.69. The van der Waals surface area contributed by atoms with Crippen LogP contribution in [-0.4, -0.2) is 6.61 Å². The molecule has 1 nitrogen and oxygen atoms in total. The first kappa shape index (κ1) is 25.2. The minimum atomic E-state index is 0.603. The minimum Gasteiger partial charge on any atom is -0.494 e. The van der Waals surface area contributed by atoms with Gasteiger partial charge in [0.1, 0.15) is 5.75 Å². The van der Waals surface area contributed by atoms with Crippen LogP contribution in [0.4, 0.5) is 0 Å². The Morgan fingerprint density at radius 3 is 2.00 bits per heavy atom. The van der Waals surface area contributed by atoms with Crippen LogP contribution in [0.15, 0.2) is 24.3 Å². The molecule has 1 aromatic carbocycles. The molecule has 0 bridgehead atoms. The summed E-state index contributed by atoms with van der Waals surface area (Å²) in [6, 6.07) is 8.39. The topological polar surface area (TPSA) is 9.23 Å². The Morgan fingerprint density at radius 2 is 1.34 bits per heavy atom. The Kier molecular flexibility index (Phi) is 11.6. The number of unbranched alkanes of at least 4 members (excludes halogenated alkanes) is 5. The predicted octanol–water partition coefficient (Wildman–Crippen LogP) is 9.19. The molecule has 32 heavy (non-hydrogen) atoms. The predicted molar refractivity (Wildman–Crippen MR) is 138 cm³/mol. The van der Waals surface area contributed by atoms with Gasteiger partial charge in [0.25, 0.3) is 0 Å². The summed E-state index contributed by atoms with van der Waals surface area (Å²) in [5, 5.41) is 0. The maximum absolute atomic E-state index is 5.81. The maximum atomic E-state index is 5.81. The summed E-state index contributed by atoms with van der Waals surface area (Å²) in [6.45, 7) is 5.36. The van der Waals surface area contributed by atoms with Crippen molar-refractivity contribution in [2.24, 2.45) is 23.7 Å². The largest absolute Gasteiger partial charge is 0.494 e. The molecule has 1 heteroatoms. The van der Waals surface area contributed by atoms with Gasteiger partial charge >= 0.3 is 0 Å². The van der Waals surface area contributed by atoms with Crippen LogP contribution in [0.25, 0.3) is 0 Å². The number of rotatable bonds is 11. The monoisotopic (exact) mass is 436 g/mol. The van der Waals surface area contributed by atoms with E-state index in [1.807, 2.05) is 0 Å². The third kappa shape index (κ3) is 8.84. The van der Waals surface area contributed by atoms with Crippen LogP contribution in [0.2, 0.25) is 0 Å². The standard InChI is InChI=1S/C31H48O/c1-3-5-7-8-10-26-13-19-29(20-14-26)30-21-15-27(16-22-30)11-12-28-17-23-31(24-18-28)32-25-9-6-4-2/h17-18,23-24,26-27,29-30H,3-10,13-16,19-22,25H2,1-2H3/t26-,27?,29-,30?. The summed E-state index contributed by atoms with van der Waals surface area (Å²) in [5.74, 6) is 11.6. The van der Waals surface area contributed by atoms with Crippen LogP contribution in [0.5, 0.6) is 5.75 Å². The lowest BCUT2D eigenvalue weighted by Gasteiger charge is -2.37. The molecular formula is C31H48O. The molecule has 0 atom stereocenters. The number of hydrogen-bond donors (Lipinski definition) is 0. The molecule has 0 aliphatic heterocycles. The fraction of sp³-hybridized carbons (Fsp3) is 0.742. The summed E-state index contributed by atoms with van der Waals surface area (Å²) in [5.41, 5.74) is 1.13. The normalized spacial score (nSPS) is 25.7. The van der Waals surface area contributed by atoms with Gasteiger partial charge in [0.05, 0.1) is 6.61 Å². The van der Waals surface area contributed by atoms with Crippen LogP contribution >= 0.6 is 0 Å². The summed E-state index contributed by atoms with van der Waals surface area (Å²) in [7, 11) is 0. The highest BCUT2D eigenvalue weighted by Crippen LogP contribution is 2.42. The van der Waals surface area contributed by atoms with E-state index in [1.54, 1.807) is 0 Å². The average Bonchev–Trinajstić information content (AvgIpc) is 2.85. The minimum absolute atomic E-state index is 0.603. The van der Waals surface area contributed by atoms with Crippen LogP contribution < -0.4 is 4.74 Å². The Labute approximate surface area is 199 Å². The van der Waals surface area contributed by atoms with Crippen molar-refractivity contribution < 1.29 is 4.74 Å². The fourth-order valence-electron chi connectivity index (χ4n) is 5.91. The van der Waals surface area contributed by atoms with Crippen molar-refractivity contribution in [2.75, 3.05) is 6.61 Å². The summed E-state index contributed by atoms with van der Waals surface area (Å²) < 4.78 is 5.81. The van der Waals surface area contributed by atoms with Crippen LogP contribution in [0.3, 0.4) is 0 Å². The molecule has 0 amide bonds. The molecule has 0 radical (unpaired) electrons. The molecule has 2 aliphatic carbocycles. The van der Waals surface area contributed by atoms with Crippen molar-refractivity contribution in [1.29, 1.82) is 0 Å². The van der Waals surface area contributed by atoms with Crippen molar-refractivity contribution in [3.63, 3.8) is 0 Å². The van der Waals surface area contributed by atoms with E-state index in [4.69, 9.17) is 4.74 Å². The molecular weight excluding hydrogens is 388 g/mol. The first-order chi connectivity index (χ1) is 15.8. The zero-order chi connectivity index (χ0) is 22.4. The lowest BCUT2D eigenvalue weighted by Crippen LogP contribution is -2.25. The van der Waals surface area contributed by atoms with E-state index in [-0.39, 0.29) is 0 Å². The molecule has 1 aromatic rings. The Balaban J connectivity index is 1.33. The Morgan fingerprint density at radius 1 is 0.719 bits per heavy atom. The second-order valence-electron chi connectivity index (χ2n) is 10.6. The number of hydrogen-bond acceptors (Lipinski definition) is 1. The summed E-state index contributed by atoms with van der Waals surface area (Å²) >= 11 is 0. The zero-order valence-corrected chi connectivity index (χ0v) is 21.0. The molecule has 0 aromatic heterocycles. The smallest absolute Gasteiger partial charge is 0.119 e. The van der Waals surface area contributed by atoms with Crippen molar-refractivity contribution in [1.82, 2.24) is 0 Å². The van der Waals surface area contributed by atoms with Gasteiger partial charge in [0, 0.05) is 11.5 Å². The van der Waals surface area contributed by atoms with Crippen LogP contribution in [0.1, 0.15) is 122 Å². The average molecular weight is 437 g/mol.